The van der Waals surface area contributed by atoms with Crippen molar-refractivity contribution in [1.29, 1.82) is 0 Å². The lowest BCUT2D eigenvalue weighted by atomic mass is 9.98. The third-order valence-electron chi connectivity index (χ3n) is 7.09. The van der Waals surface area contributed by atoms with Crippen molar-refractivity contribution in [1.82, 2.24) is 9.97 Å². The molecule has 0 saturated carbocycles. The van der Waals surface area contributed by atoms with Crippen molar-refractivity contribution in [2.45, 2.75) is 12.5 Å². The molecule has 0 bridgehead atoms. The maximum Gasteiger partial charge on any atom is 0.247 e. The van der Waals surface area contributed by atoms with Gasteiger partial charge in [-0.25, -0.2) is 15.0 Å². The number of rotatable bonds is 6. The van der Waals surface area contributed by atoms with Crippen molar-refractivity contribution >= 4 is 45.5 Å². The molecule has 39 heavy (non-hydrogen) atoms. The number of hydrazone groups is 1. The van der Waals surface area contributed by atoms with Gasteiger partial charge in [0, 0.05) is 54.9 Å². The topological polar surface area (TPSA) is 56.7 Å². The second kappa shape index (κ2) is 10.4. The minimum absolute atomic E-state index is 0.0529. The first kappa shape index (κ1) is 24.9. The van der Waals surface area contributed by atoms with Crippen LogP contribution >= 0.6 is 11.6 Å². The van der Waals surface area contributed by atoms with E-state index in [1.54, 1.807) is 0 Å². The van der Waals surface area contributed by atoms with Gasteiger partial charge in [0.25, 0.3) is 0 Å². The number of hydrogen-bond acceptors (Lipinski definition) is 6. The molecule has 0 aliphatic carbocycles. The van der Waals surface area contributed by atoms with Gasteiger partial charge >= 0.3 is 0 Å². The van der Waals surface area contributed by atoms with E-state index in [4.69, 9.17) is 26.7 Å². The summed E-state index contributed by atoms with van der Waals surface area (Å²) in [6.07, 6.45) is 0.733. The Morgan fingerprint density at radius 2 is 1.62 bits per heavy atom. The summed E-state index contributed by atoms with van der Waals surface area (Å²) in [5.74, 6) is 0.560. The fourth-order valence-corrected chi connectivity index (χ4v) is 5.16. The van der Waals surface area contributed by atoms with Crippen LogP contribution in [0.1, 0.15) is 23.6 Å². The molecule has 6 nitrogen and oxygen atoms in total. The molecule has 7 heteroatoms. The maximum atomic E-state index is 6.40. The highest BCUT2D eigenvalue weighted by Crippen LogP contribution is 2.38. The van der Waals surface area contributed by atoms with Crippen molar-refractivity contribution in [3.8, 4) is 11.3 Å². The average molecular weight is 533 g/mol. The van der Waals surface area contributed by atoms with Gasteiger partial charge < -0.3 is 10.2 Å². The quantitative estimate of drug-likeness (QED) is 0.247. The smallest absolute Gasteiger partial charge is 0.247 e. The minimum Gasteiger partial charge on any atom is -0.388 e. The van der Waals surface area contributed by atoms with E-state index in [1.165, 1.54) is 0 Å². The van der Waals surface area contributed by atoms with Crippen LogP contribution < -0.4 is 15.2 Å². The molecular weight excluding hydrogens is 504 g/mol. The largest absolute Gasteiger partial charge is 0.388 e. The number of nitrogens with zero attached hydrogens (tertiary/aromatic N) is 5. The molecule has 1 aliphatic heterocycles. The third kappa shape index (κ3) is 4.91. The summed E-state index contributed by atoms with van der Waals surface area (Å²) in [7, 11) is 6.03. The lowest BCUT2D eigenvalue weighted by Gasteiger charge is -2.23. The third-order valence-corrected chi connectivity index (χ3v) is 7.32. The van der Waals surface area contributed by atoms with Gasteiger partial charge in [0.2, 0.25) is 5.95 Å². The SMILES string of the molecule is CNc1cccc(C2=NN(c3nc(-c4ccccc4)c4cc(Cl)ccc4n3)C(c3ccc(N(C)C)cc3)C2)c1. The molecule has 0 radical (unpaired) electrons. The molecule has 1 atom stereocenters. The zero-order valence-corrected chi connectivity index (χ0v) is 22.9. The van der Waals surface area contributed by atoms with Gasteiger partial charge in [-0.1, -0.05) is 66.2 Å². The average Bonchev–Trinajstić information content (AvgIpc) is 3.43. The van der Waals surface area contributed by atoms with E-state index >= 15 is 0 Å². The Kier molecular flexibility index (Phi) is 6.63. The fraction of sp³-hybridized carbons (Fsp3) is 0.156. The summed E-state index contributed by atoms with van der Waals surface area (Å²) in [5, 5.41) is 11.9. The monoisotopic (exact) mass is 532 g/mol. The second-order valence-electron chi connectivity index (χ2n) is 9.83. The number of anilines is 3. The molecule has 2 heterocycles. The number of halogens is 1. The van der Waals surface area contributed by atoms with Gasteiger partial charge in [-0.3, -0.25) is 0 Å². The number of benzene rings is 4. The van der Waals surface area contributed by atoms with E-state index in [0.29, 0.717) is 11.0 Å². The highest BCUT2D eigenvalue weighted by atomic mass is 35.5. The molecule has 1 N–H and O–H groups in total. The Hall–Kier alpha value is -4.42. The molecule has 0 spiro atoms. The number of hydrogen-bond donors (Lipinski definition) is 1. The van der Waals surface area contributed by atoms with Crippen molar-refractivity contribution in [2.75, 3.05) is 36.4 Å². The predicted molar refractivity (Wildman–Crippen MR) is 163 cm³/mol. The van der Waals surface area contributed by atoms with Crippen molar-refractivity contribution < 1.29 is 0 Å². The van der Waals surface area contributed by atoms with Crippen LogP contribution in [-0.2, 0) is 0 Å². The van der Waals surface area contributed by atoms with Crippen LogP contribution in [-0.4, -0.2) is 36.8 Å². The summed E-state index contributed by atoms with van der Waals surface area (Å²) >= 11 is 6.40. The first-order chi connectivity index (χ1) is 19.0. The summed E-state index contributed by atoms with van der Waals surface area (Å²) in [6.45, 7) is 0. The van der Waals surface area contributed by atoms with Gasteiger partial charge in [0.1, 0.15) is 0 Å². The van der Waals surface area contributed by atoms with Crippen LogP contribution in [0, 0.1) is 0 Å². The highest BCUT2D eigenvalue weighted by Gasteiger charge is 2.32. The number of nitrogens with one attached hydrogen (secondary N) is 1. The minimum atomic E-state index is -0.0529. The lowest BCUT2D eigenvalue weighted by Crippen LogP contribution is -2.21. The van der Waals surface area contributed by atoms with E-state index in [-0.39, 0.29) is 6.04 Å². The molecule has 5 aromatic rings. The molecule has 1 aromatic heterocycles. The van der Waals surface area contributed by atoms with Gasteiger partial charge in [-0.15, -0.1) is 0 Å². The number of aromatic nitrogens is 2. The first-order valence-electron chi connectivity index (χ1n) is 12.9. The summed E-state index contributed by atoms with van der Waals surface area (Å²) < 4.78 is 0. The van der Waals surface area contributed by atoms with E-state index in [0.717, 1.165) is 56.8 Å². The highest BCUT2D eigenvalue weighted by molar-refractivity contribution is 6.31. The van der Waals surface area contributed by atoms with Crippen molar-refractivity contribution in [2.24, 2.45) is 5.10 Å². The van der Waals surface area contributed by atoms with Gasteiger partial charge in [-0.05, 0) is 53.6 Å². The Bertz CT molecular complexity index is 1660. The van der Waals surface area contributed by atoms with Crippen LogP contribution in [0.5, 0.6) is 0 Å². The van der Waals surface area contributed by atoms with E-state index in [1.807, 2.05) is 62.6 Å². The normalized spacial score (nSPS) is 14.9. The summed E-state index contributed by atoms with van der Waals surface area (Å²) in [4.78, 5) is 12.2. The van der Waals surface area contributed by atoms with E-state index < -0.39 is 0 Å². The predicted octanol–water partition coefficient (Wildman–Crippen LogP) is 7.41. The van der Waals surface area contributed by atoms with Crippen LogP contribution in [0.15, 0.2) is 102 Å². The van der Waals surface area contributed by atoms with Crippen molar-refractivity contribution in [3.63, 3.8) is 0 Å². The fourth-order valence-electron chi connectivity index (χ4n) is 4.98. The molecular formula is C32H29ClN6. The van der Waals surface area contributed by atoms with Crippen LogP contribution in [0.3, 0.4) is 0 Å². The molecule has 4 aromatic carbocycles. The summed E-state index contributed by atoms with van der Waals surface area (Å²) in [6, 6.07) is 32.8. The summed E-state index contributed by atoms with van der Waals surface area (Å²) in [5.41, 5.74) is 8.09. The van der Waals surface area contributed by atoms with Gasteiger partial charge in [0.05, 0.1) is 23.0 Å². The van der Waals surface area contributed by atoms with Gasteiger partial charge in [0.15, 0.2) is 0 Å². The molecule has 6 rings (SSSR count). The molecule has 0 saturated heterocycles. The zero-order chi connectivity index (χ0) is 26.9. The molecule has 1 aliphatic rings. The van der Waals surface area contributed by atoms with Gasteiger partial charge in [-0.2, -0.15) is 5.10 Å². The van der Waals surface area contributed by atoms with E-state index in [2.05, 4.69) is 70.9 Å². The molecule has 0 fully saturated rings. The maximum absolute atomic E-state index is 6.40. The van der Waals surface area contributed by atoms with E-state index in [9.17, 15) is 0 Å². The van der Waals surface area contributed by atoms with Crippen LogP contribution in [0.4, 0.5) is 17.3 Å². The zero-order valence-electron chi connectivity index (χ0n) is 22.1. The second-order valence-corrected chi connectivity index (χ2v) is 10.3. The molecule has 1 unspecified atom stereocenters. The van der Waals surface area contributed by atoms with Crippen LogP contribution in [0.2, 0.25) is 5.02 Å². The van der Waals surface area contributed by atoms with Crippen molar-refractivity contribution in [3.05, 3.63) is 113 Å². The number of fused-ring (bicyclic) bond motifs is 1. The van der Waals surface area contributed by atoms with Crippen LogP contribution in [0.25, 0.3) is 22.2 Å². The first-order valence-corrected chi connectivity index (χ1v) is 13.3. The Morgan fingerprint density at radius 3 is 2.36 bits per heavy atom. The Balaban J connectivity index is 1.51. The molecule has 0 amide bonds. The standard InChI is InChI=1S/C32H29ClN6/c1-34-25-11-7-10-23(18-25)29-20-30(21-12-15-26(16-13-21)38(2)3)39(37-29)32-35-28-17-14-24(33)19-27(28)31(36-32)22-8-5-4-6-9-22/h4-19,30,34H,20H2,1-3H3. The Morgan fingerprint density at radius 1 is 0.846 bits per heavy atom. The lowest BCUT2D eigenvalue weighted by molar-refractivity contribution is 0.689. The molecule has 194 valence electrons. The Labute approximate surface area is 233 Å².